The molecule has 0 spiro atoms. The number of ether oxygens (including phenoxy) is 2. The van der Waals surface area contributed by atoms with Crippen LogP contribution < -0.4 is 0 Å². The van der Waals surface area contributed by atoms with Crippen LogP contribution in [0, 0.1) is 0 Å². The molecule has 5 rings (SSSR count). The number of carbonyl (C=O) groups excluding carboxylic acids is 2. The molecule has 1 aliphatic heterocycles. The molecule has 9 nitrogen and oxygen atoms in total. The molecule has 0 aromatic heterocycles. The van der Waals surface area contributed by atoms with Crippen LogP contribution in [0.15, 0.2) is 102 Å². The Labute approximate surface area is 283 Å². The number of likely N-dealkylation sites (N-methyl/N-ethyl adjacent to an activating group) is 1. The third-order valence-corrected chi connectivity index (χ3v) is 8.04. The lowest BCUT2D eigenvalue weighted by Gasteiger charge is -2.33. The fraction of sp³-hybridized carbons (Fsp3) is 0.176. The summed E-state index contributed by atoms with van der Waals surface area (Å²) < 4.78 is 10.6. The number of carbonyl (C=O) groups is 4. The van der Waals surface area contributed by atoms with Crippen molar-refractivity contribution < 1.29 is 38.9 Å². The summed E-state index contributed by atoms with van der Waals surface area (Å²) in [7, 11) is 2.12. The molecule has 4 aromatic rings. The second-order valence-corrected chi connectivity index (χ2v) is 12.1. The number of fused-ring (bicyclic) bond motifs is 1. The van der Waals surface area contributed by atoms with Gasteiger partial charge in [-0.25, -0.2) is 19.2 Å². The number of aliphatic carboxylic acids is 2. The van der Waals surface area contributed by atoms with Crippen LogP contribution in [0.4, 0.5) is 0 Å². The number of hydrogen-bond acceptors (Lipinski definition) is 7. The predicted octanol–water partition coefficient (Wildman–Crippen LogP) is 6.94. The summed E-state index contributed by atoms with van der Waals surface area (Å²) in [5.74, 6) is -5.33. The van der Waals surface area contributed by atoms with E-state index in [9.17, 15) is 29.4 Å². The quantitative estimate of drug-likeness (QED) is 0.185. The van der Waals surface area contributed by atoms with Gasteiger partial charge in [0, 0.05) is 33.5 Å². The van der Waals surface area contributed by atoms with Crippen LogP contribution in [0.5, 0.6) is 0 Å². The van der Waals surface area contributed by atoms with Crippen molar-refractivity contribution in [1.82, 2.24) is 4.90 Å². The van der Waals surface area contributed by atoms with Crippen molar-refractivity contribution in [2.75, 3.05) is 13.6 Å². The van der Waals surface area contributed by atoms with Crippen LogP contribution in [0.2, 0.25) is 10.0 Å². The van der Waals surface area contributed by atoms with Crippen LogP contribution in [0.25, 0.3) is 0 Å². The molecule has 1 aliphatic rings. The summed E-state index contributed by atoms with van der Waals surface area (Å²) in [6.07, 6.45) is -4.43. The molecule has 0 bridgehead atoms. The van der Waals surface area contributed by atoms with E-state index >= 15 is 0 Å². The SMILES string of the molecule is CN1Cc2c(Cl)cc(Cl)cc2[C@H](c2cccc(Br)c2)C1.O=C(OC(C(=O)O)C(OC(=O)c1ccccc1)C(=O)O)c1ccccc1. The van der Waals surface area contributed by atoms with Gasteiger partial charge in [-0.2, -0.15) is 0 Å². The third kappa shape index (κ3) is 8.95. The number of nitrogens with zero attached hydrogens (tertiary/aromatic N) is 1. The predicted molar refractivity (Wildman–Crippen MR) is 175 cm³/mol. The van der Waals surface area contributed by atoms with E-state index in [2.05, 4.69) is 52.1 Å². The van der Waals surface area contributed by atoms with Gasteiger partial charge < -0.3 is 24.6 Å². The summed E-state index contributed by atoms with van der Waals surface area (Å²) in [5, 5.41) is 19.9. The molecule has 1 heterocycles. The maximum absolute atomic E-state index is 12.0. The number of hydrogen-bond donors (Lipinski definition) is 2. The van der Waals surface area contributed by atoms with Crippen molar-refractivity contribution in [3.63, 3.8) is 0 Å². The van der Waals surface area contributed by atoms with E-state index < -0.39 is 36.1 Å². The number of halogens is 3. The largest absolute Gasteiger partial charge is 0.478 e. The number of benzene rings is 4. The highest BCUT2D eigenvalue weighted by atomic mass is 79.9. The van der Waals surface area contributed by atoms with E-state index in [1.54, 1.807) is 12.1 Å². The van der Waals surface area contributed by atoms with E-state index in [1.165, 1.54) is 65.2 Å². The zero-order valence-corrected chi connectivity index (χ0v) is 27.4. The van der Waals surface area contributed by atoms with E-state index in [0.717, 1.165) is 22.6 Å². The van der Waals surface area contributed by atoms with Crippen molar-refractivity contribution in [1.29, 1.82) is 0 Å². The van der Waals surface area contributed by atoms with Gasteiger partial charge in [-0.15, -0.1) is 0 Å². The summed E-state index contributed by atoms with van der Waals surface area (Å²) in [6.45, 7) is 1.84. The Morgan fingerprint density at radius 3 is 1.78 bits per heavy atom. The minimum atomic E-state index is -2.21. The van der Waals surface area contributed by atoms with Crippen LogP contribution in [0.3, 0.4) is 0 Å². The van der Waals surface area contributed by atoms with Gasteiger partial charge in [-0.3, -0.25) is 0 Å². The zero-order chi connectivity index (χ0) is 33.4. The molecule has 46 heavy (non-hydrogen) atoms. The number of carboxylic acids is 2. The fourth-order valence-corrected chi connectivity index (χ4v) is 5.84. The Balaban J connectivity index is 0.000000215. The monoisotopic (exact) mass is 727 g/mol. The van der Waals surface area contributed by atoms with Gasteiger partial charge in [0.1, 0.15) is 0 Å². The third-order valence-electron chi connectivity index (χ3n) is 6.99. The molecule has 0 radical (unpaired) electrons. The minimum absolute atomic E-state index is 0.0253. The molecule has 0 amide bonds. The molecule has 4 aromatic carbocycles. The molecule has 0 fully saturated rings. The van der Waals surface area contributed by atoms with Gasteiger partial charge >= 0.3 is 23.9 Å². The second-order valence-electron chi connectivity index (χ2n) is 10.3. The molecule has 238 valence electrons. The highest BCUT2D eigenvalue weighted by Gasteiger charge is 2.41. The van der Waals surface area contributed by atoms with Gasteiger partial charge in [0.15, 0.2) is 0 Å². The lowest BCUT2D eigenvalue weighted by molar-refractivity contribution is -0.166. The first-order chi connectivity index (χ1) is 21.9. The van der Waals surface area contributed by atoms with Gasteiger partial charge in [0.2, 0.25) is 12.2 Å². The Bertz CT molecular complexity index is 1650. The maximum Gasteiger partial charge on any atom is 0.349 e. The Kier molecular flexibility index (Phi) is 11.9. The number of carboxylic acid groups (broad SMARTS) is 2. The molecule has 0 aliphatic carbocycles. The summed E-state index contributed by atoms with van der Waals surface area (Å²) in [6, 6.07) is 27.2. The first kappa shape index (κ1) is 34.6. The Hall–Kier alpha value is -4.22. The van der Waals surface area contributed by atoms with Gasteiger partial charge in [-0.05, 0) is 72.3 Å². The second kappa shape index (κ2) is 15.9. The number of rotatable bonds is 8. The van der Waals surface area contributed by atoms with Crippen LogP contribution in [-0.2, 0) is 25.6 Å². The lowest BCUT2D eigenvalue weighted by atomic mass is 9.85. The normalized spacial score (nSPS) is 15.3. The maximum atomic E-state index is 12.0. The molecule has 3 atom stereocenters. The molecule has 12 heteroatoms. The van der Waals surface area contributed by atoms with Crippen LogP contribution >= 0.6 is 39.1 Å². The summed E-state index contributed by atoms with van der Waals surface area (Å²) in [4.78, 5) is 49.1. The van der Waals surface area contributed by atoms with E-state index in [1.807, 2.05) is 12.1 Å². The van der Waals surface area contributed by atoms with E-state index in [0.29, 0.717) is 10.9 Å². The van der Waals surface area contributed by atoms with Crippen molar-refractivity contribution >= 4 is 63.0 Å². The highest BCUT2D eigenvalue weighted by molar-refractivity contribution is 9.10. The van der Waals surface area contributed by atoms with E-state index in [-0.39, 0.29) is 11.1 Å². The Morgan fingerprint density at radius 1 is 0.783 bits per heavy atom. The Morgan fingerprint density at radius 2 is 1.30 bits per heavy atom. The highest BCUT2D eigenvalue weighted by Crippen LogP contribution is 2.38. The first-order valence-electron chi connectivity index (χ1n) is 13.8. The molecule has 0 saturated heterocycles. The average Bonchev–Trinajstić information content (AvgIpc) is 3.03. The lowest BCUT2D eigenvalue weighted by Crippen LogP contribution is -2.45. The molecule has 2 N–H and O–H groups in total. The van der Waals surface area contributed by atoms with Crippen molar-refractivity contribution in [3.05, 3.63) is 139 Å². The smallest absolute Gasteiger partial charge is 0.349 e. The van der Waals surface area contributed by atoms with E-state index in [4.69, 9.17) is 32.7 Å². The van der Waals surface area contributed by atoms with Crippen molar-refractivity contribution in [3.8, 4) is 0 Å². The van der Waals surface area contributed by atoms with Crippen molar-refractivity contribution in [2.24, 2.45) is 0 Å². The molecule has 0 saturated carbocycles. The van der Waals surface area contributed by atoms with Crippen LogP contribution in [0.1, 0.15) is 43.3 Å². The molecular formula is C34H28BrCl2NO8. The first-order valence-corrected chi connectivity index (χ1v) is 15.4. The summed E-state index contributed by atoms with van der Waals surface area (Å²) in [5.41, 5.74) is 3.77. The standard InChI is InChI=1S/C18H14O8.C16H14BrCl2N/c19-15(20)13(25-17(23)11-7-3-1-4-8-11)14(16(21)22)26-18(24)12-9-5-2-6-10-12;1-20-8-14(10-3-2-4-11(17)5-10)13-6-12(18)7-16(19)15(13)9-20/h1-10,13-14H,(H,19,20)(H,21,22);2-7,14H,8-9H2,1H3/t;14-/m.0/s1. The number of esters is 2. The van der Waals surface area contributed by atoms with Crippen LogP contribution in [-0.4, -0.2) is 64.8 Å². The summed E-state index contributed by atoms with van der Waals surface area (Å²) >= 11 is 16.1. The fourth-order valence-electron chi connectivity index (χ4n) is 4.85. The minimum Gasteiger partial charge on any atom is -0.478 e. The van der Waals surface area contributed by atoms with Gasteiger partial charge in [0.25, 0.3) is 0 Å². The topological polar surface area (TPSA) is 130 Å². The van der Waals surface area contributed by atoms with Crippen molar-refractivity contribution in [2.45, 2.75) is 24.7 Å². The average molecular weight is 729 g/mol. The zero-order valence-electron chi connectivity index (χ0n) is 24.3. The molecular weight excluding hydrogens is 701 g/mol. The van der Waals surface area contributed by atoms with Gasteiger partial charge in [-0.1, -0.05) is 87.7 Å². The molecule has 2 unspecified atom stereocenters. The van der Waals surface area contributed by atoms with Gasteiger partial charge in [0.05, 0.1) is 11.1 Å².